The van der Waals surface area contributed by atoms with Gasteiger partial charge in [0, 0.05) is 24.4 Å². The molecule has 1 aromatic carbocycles. The molecule has 8 heteroatoms. The summed E-state index contributed by atoms with van der Waals surface area (Å²) in [6, 6.07) is 9.39. The molecule has 0 spiro atoms. The molecule has 24 heavy (non-hydrogen) atoms. The summed E-state index contributed by atoms with van der Waals surface area (Å²) in [4.78, 5) is 20.3. The van der Waals surface area contributed by atoms with Crippen molar-refractivity contribution < 1.29 is 13.7 Å². The minimum atomic E-state index is -0.431. The molecule has 7 nitrogen and oxygen atoms in total. The molecule has 2 heterocycles. The first kappa shape index (κ1) is 15.6. The third-order valence-electron chi connectivity index (χ3n) is 3.15. The molecular formula is C16H14FN5O2. The summed E-state index contributed by atoms with van der Waals surface area (Å²) >= 11 is 0. The molecule has 2 N–H and O–H groups in total. The lowest BCUT2D eigenvalue weighted by Crippen LogP contribution is -2.24. The minimum Gasteiger partial charge on any atom is -0.360 e. The number of carbonyl (C=O) groups excluding carboxylic acids is 1. The van der Waals surface area contributed by atoms with E-state index in [2.05, 4.69) is 25.8 Å². The maximum Gasteiger partial charge on any atom is 0.270 e. The first-order valence-corrected chi connectivity index (χ1v) is 7.17. The van der Waals surface area contributed by atoms with Gasteiger partial charge in [0.25, 0.3) is 5.91 Å². The number of rotatable bonds is 5. The van der Waals surface area contributed by atoms with Crippen molar-refractivity contribution in [2.24, 2.45) is 0 Å². The van der Waals surface area contributed by atoms with Crippen LogP contribution in [0.15, 0.2) is 47.1 Å². The molecular weight excluding hydrogens is 313 g/mol. The van der Waals surface area contributed by atoms with Crippen molar-refractivity contribution in [2.75, 3.05) is 5.32 Å². The summed E-state index contributed by atoms with van der Waals surface area (Å²) in [5.41, 5.74) is 0.556. The molecule has 0 radical (unpaired) electrons. The van der Waals surface area contributed by atoms with Gasteiger partial charge in [-0.05, 0) is 19.1 Å². The topological polar surface area (TPSA) is 92.9 Å². The van der Waals surface area contributed by atoms with Gasteiger partial charge < -0.3 is 15.2 Å². The fraction of sp³-hybridized carbons (Fsp3) is 0.125. The molecule has 0 saturated heterocycles. The Balaban J connectivity index is 1.67. The first-order valence-electron chi connectivity index (χ1n) is 7.17. The third kappa shape index (κ3) is 3.72. The lowest BCUT2D eigenvalue weighted by atomic mass is 10.2. The predicted octanol–water partition coefficient (Wildman–Crippen LogP) is 2.59. The number of aromatic nitrogens is 3. The molecule has 3 aromatic rings. The molecule has 0 bridgehead atoms. The van der Waals surface area contributed by atoms with Crippen LogP contribution in [-0.4, -0.2) is 21.0 Å². The maximum absolute atomic E-state index is 13.5. The van der Waals surface area contributed by atoms with Gasteiger partial charge in [-0.1, -0.05) is 23.4 Å². The van der Waals surface area contributed by atoms with Gasteiger partial charge in [-0.15, -0.1) is 0 Å². The van der Waals surface area contributed by atoms with E-state index in [-0.39, 0.29) is 24.0 Å². The van der Waals surface area contributed by atoms with E-state index in [9.17, 15) is 9.18 Å². The SMILES string of the molecule is Cc1cc(Nc2nccc(C(=O)NCc3ccccc3F)n2)no1. The Kier molecular flexibility index (Phi) is 4.46. The highest BCUT2D eigenvalue weighted by Crippen LogP contribution is 2.12. The highest BCUT2D eigenvalue weighted by molar-refractivity contribution is 5.92. The molecule has 0 saturated carbocycles. The van der Waals surface area contributed by atoms with Crippen molar-refractivity contribution in [3.05, 3.63) is 65.4 Å². The van der Waals surface area contributed by atoms with Crippen LogP contribution < -0.4 is 10.6 Å². The summed E-state index contributed by atoms with van der Waals surface area (Å²) in [5.74, 6) is 0.485. The number of hydrogen-bond donors (Lipinski definition) is 2. The van der Waals surface area contributed by atoms with E-state index in [1.165, 1.54) is 18.3 Å². The lowest BCUT2D eigenvalue weighted by Gasteiger charge is -2.07. The zero-order valence-electron chi connectivity index (χ0n) is 12.8. The van der Waals surface area contributed by atoms with Crippen LogP contribution in [0.3, 0.4) is 0 Å². The van der Waals surface area contributed by atoms with Crippen LogP contribution in [0, 0.1) is 12.7 Å². The standard InChI is InChI=1S/C16H14FN5O2/c1-10-8-14(22-24-10)21-16-18-7-6-13(20-16)15(23)19-9-11-4-2-3-5-12(11)17/h2-8H,9H2,1H3,(H,19,23)(H,18,20,21,22). The Morgan fingerprint density at radius 3 is 2.88 bits per heavy atom. The Labute approximate surface area is 136 Å². The van der Waals surface area contributed by atoms with Gasteiger partial charge in [0.1, 0.15) is 17.3 Å². The Bertz CT molecular complexity index is 865. The van der Waals surface area contributed by atoms with Gasteiger partial charge in [0.05, 0.1) is 0 Å². The number of aryl methyl sites for hydroxylation is 1. The second-order valence-electron chi connectivity index (χ2n) is 4.99. The normalized spacial score (nSPS) is 10.4. The van der Waals surface area contributed by atoms with Gasteiger partial charge in [-0.25, -0.2) is 14.4 Å². The summed E-state index contributed by atoms with van der Waals surface area (Å²) in [6.07, 6.45) is 1.44. The molecule has 0 aliphatic carbocycles. The van der Waals surface area contributed by atoms with Gasteiger partial charge in [0.15, 0.2) is 5.82 Å². The van der Waals surface area contributed by atoms with Crippen molar-refractivity contribution in [3.63, 3.8) is 0 Å². The van der Waals surface area contributed by atoms with E-state index in [0.717, 1.165) is 0 Å². The average molecular weight is 327 g/mol. The fourth-order valence-electron chi connectivity index (χ4n) is 1.99. The molecule has 0 atom stereocenters. The lowest BCUT2D eigenvalue weighted by molar-refractivity contribution is 0.0945. The molecule has 3 rings (SSSR count). The number of anilines is 2. The van der Waals surface area contributed by atoms with Gasteiger partial charge in [0.2, 0.25) is 5.95 Å². The highest BCUT2D eigenvalue weighted by atomic mass is 19.1. The van der Waals surface area contributed by atoms with Gasteiger partial charge in [-0.3, -0.25) is 4.79 Å². The van der Waals surface area contributed by atoms with Crippen LogP contribution in [0.2, 0.25) is 0 Å². The van der Waals surface area contributed by atoms with Crippen molar-refractivity contribution >= 4 is 17.7 Å². The monoisotopic (exact) mass is 327 g/mol. The van der Waals surface area contributed by atoms with Crippen LogP contribution in [0.5, 0.6) is 0 Å². The second kappa shape index (κ2) is 6.86. The minimum absolute atomic E-state index is 0.0702. The van der Waals surface area contributed by atoms with Crippen LogP contribution in [0.4, 0.5) is 16.2 Å². The summed E-state index contributed by atoms with van der Waals surface area (Å²) in [7, 11) is 0. The third-order valence-corrected chi connectivity index (χ3v) is 3.15. The van der Waals surface area contributed by atoms with Crippen LogP contribution in [0.1, 0.15) is 21.8 Å². The highest BCUT2D eigenvalue weighted by Gasteiger charge is 2.11. The van der Waals surface area contributed by atoms with E-state index in [1.807, 2.05) is 0 Å². The summed E-state index contributed by atoms with van der Waals surface area (Å²) in [6.45, 7) is 1.83. The molecule has 1 amide bonds. The van der Waals surface area contributed by atoms with Crippen LogP contribution >= 0.6 is 0 Å². The van der Waals surface area contributed by atoms with Crippen LogP contribution in [-0.2, 0) is 6.54 Å². The number of amides is 1. The average Bonchev–Trinajstić information content (AvgIpc) is 2.99. The quantitative estimate of drug-likeness (QED) is 0.748. The maximum atomic E-state index is 13.5. The van der Waals surface area contributed by atoms with Gasteiger partial charge >= 0.3 is 0 Å². The largest absolute Gasteiger partial charge is 0.360 e. The number of nitrogens with zero attached hydrogens (tertiary/aromatic N) is 3. The summed E-state index contributed by atoms with van der Waals surface area (Å²) in [5, 5.41) is 9.22. The second-order valence-corrected chi connectivity index (χ2v) is 4.99. The Morgan fingerprint density at radius 1 is 1.29 bits per heavy atom. The zero-order chi connectivity index (χ0) is 16.9. The van der Waals surface area contributed by atoms with E-state index in [4.69, 9.17) is 4.52 Å². The van der Waals surface area contributed by atoms with Crippen molar-refractivity contribution in [2.45, 2.75) is 13.5 Å². The van der Waals surface area contributed by atoms with Gasteiger partial charge in [-0.2, -0.15) is 0 Å². The Morgan fingerprint density at radius 2 is 2.12 bits per heavy atom. The number of nitrogens with one attached hydrogen (secondary N) is 2. The Hall–Kier alpha value is -3.29. The van der Waals surface area contributed by atoms with E-state index < -0.39 is 5.91 Å². The molecule has 0 aliphatic rings. The molecule has 0 aliphatic heterocycles. The van der Waals surface area contributed by atoms with E-state index >= 15 is 0 Å². The summed E-state index contributed by atoms with van der Waals surface area (Å²) < 4.78 is 18.5. The number of halogens is 1. The van der Waals surface area contributed by atoms with Crippen molar-refractivity contribution in [1.82, 2.24) is 20.4 Å². The molecule has 2 aromatic heterocycles. The number of benzene rings is 1. The first-order chi connectivity index (χ1) is 11.6. The molecule has 0 unspecified atom stereocenters. The number of hydrogen-bond acceptors (Lipinski definition) is 6. The van der Waals surface area contributed by atoms with Crippen molar-refractivity contribution in [1.29, 1.82) is 0 Å². The van der Waals surface area contributed by atoms with E-state index in [1.54, 1.807) is 31.2 Å². The smallest absolute Gasteiger partial charge is 0.270 e. The van der Waals surface area contributed by atoms with Crippen LogP contribution in [0.25, 0.3) is 0 Å². The predicted molar refractivity (Wildman–Crippen MR) is 84.1 cm³/mol. The number of carbonyl (C=O) groups is 1. The zero-order valence-corrected chi connectivity index (χ0v) is 12.8. The molecule has 122 valence electrons. The fourth-order valence-corrected chi connectivity index (χ4v) is 1.99. The van der Waals surface area contributed by atoms with Crippen molar-refractivity contribution in [3.8, 4) is 0 Å². The van der Waals surface area contributed by atoms with E-state index in [0.29, 0.717) is 17.1 Å². The molecule has 0 fully saturated rings.